The first-order valence-corrected chi connectivity index (χ1v) is 11.1. The second-order valence-electron chi connectivity index (χ2n) is 9.11. The van der Waals surface area contributed by atoms with Crippen molar-refractivity contribution >= 4 is 17.5 Å². The van der Waals surface area contributed by atoms with Crippen LogP contribution in [-0.4, -0.2) is 65.3 Å². The van der Waals surface area contributed by atoms with Crippen LogP contribution in [0, 0.1) is 17.8 Å². The predicted molar refractivity (Wildman–Crippen MR) is 114 cm³/mol. The molecule has 0 aromatic carbocycles. The van der Waals surface area contributed by atoms with E-state index in [1.807, 2.05) is 0 Å². The lowest BCUT2D eigenvalue weighted by Crippen LogP contribution is -2.50. The van der Waals surface area contributed by atoms with Crippen LogP contribution in [0.5, 0.6) is 0 Å². The molecule has 0 unspecified atom stereocenters. The Bertz CT molecular complexity index is 548. The Balaban J connectivity index is 2.86. The van der Waals surface area contributed by atoms with Crippen molar-refractivity contribution < 1.29 is 19.5 Å². The third kappa shape index (κ3) is 8.15. The van der Waals surface area contributed by atoms with Crippen LogP contribution in [0.3, 0.4) is 0 Å². The van der Waals surface area contributed by atoms with Crippen LogP contribution in [0.15, 0.2) is 0 Å². The number of nitrogens with two attached hydrogens (primary N) is 1. The zero-order valence-corrected chi connectivity index (χ0v) is 18.8. The Morgan fingerprint density at radius 2 is 1.79 bits per heavy atom. The molecule has 1 aliphatic rings. The van der Waals surface area contributed by atoms with E-state index in [1.165, 1.54) is 6.92 Å². The van der Waals surface area contributed by atoms with Gasteiger partial charge in [0, 0.05) is 18.9 Å². The molecule has 4 N–H and O–H groups in total. The molecule has 4 atom stereocenters. The number of ketones is 2. The minimum absolute atomic E-state index is 0.00281. The number of piperidine rings is 1. The Hall–Kier alpha value is -1.31. The van der Waals surface area contributed by atoms with Gasteiger partial charge < -0.3 is 16.2 Å². The number of aliphatic hydroxyl groups excluding tert-OH is 1. The molecule has 7 nitrogen and oxygen atoms in total. The first kappa shape index (κ1) is 25.7. The maximum Gasteiger partial charge on any atom is 0.226 e. The molecule has 0 saturated carbocycles. The van der Waals surface area contributed by atoms with Crippen LogP contribution < -0.4 is 11.1 Å². The number of hydrogen-bond acceptors (Lipinski definition) is 6. The number of nitrogens with zero attached hydrogens (tertiary/aromatic N) is 1. The van der Waals surface area contributed by atoms with Gasteiger partial charge in [0.2, 0.25) is 5.91 Å². The van der Waals surface area contributed by atoms with E-state index in [4.69, 9.17) is 5.73 Å². The fourth-order valence-corrected chi connectivity index (χ4v) is 4.01. The average molecular weight is 412 g/mol. The molecule has 0 radical (unpaired) electrons. The number of nitrogens with one attached hydrogen (secondary N) is 1. The van der Waals surface area contributed by atoms with E-state index < -0.39 is 24.0 Å². The van der Waals surface area contributed by atoms with Crippen molar-refractivity contribution in [2.75, 3.05) is 19.6 Å². The number of aliphatic hydroxyl groups is 1. The van der Waals surface area contributed by atoms with E-state index in [2.05, 4.69) is 24.1 Å². The predicted octanol–water partition coefficient (Wildman–Crippen LogP) is 1.51. The van der Waals surface area contributed by atoms with Crippen molar-refractivity contribution in [3.63, 3.8) is 0 Å². The molecule has 0 aromatic rings. The Morgan fingerprint density at radius 1 is 1.14 bits per heavy atom. The molecule has 168 valence electrons. The first-order chi connectivity index (χ1) is 13.6. The number of Topliss-reactive ketones (excluding diaryl/α,β-unsaturated/α-hetero) is 2. The van der Waals surface area contributed by atoms with E-state index in [0.29, 0.717) is 12.3 Å². The molecule has 1 heterocycles. The molecule has 0 aromatic heterocycles. The zero-order valence-electron chi connectivity index (χ0n) is 18.8. The summed E-state index contributed by atoms with van der Waals surface area (Å²) in [5.41, 5.74) is 5.60. The Morgan fingerprint density at radius 3 is 2.31 bits per heavy atom. The summed E-state index contributed by atoms with van der Waals surface area (Å²) in [5, 5.41) is 12.9. The lowest BCUT2D eigenvalue weighted by atomic mass is 9.88. The Kier molecular flexibility index (Phi) is 11.0. The second kappa shape index (κ2) is 12.4. The molecular formula is C22H41N3O4. The van der Waals surface area contributed by atoms with Gasteiger partial charge in [0.15, 0.2) is 11.6 Å². The Labute approximate surface area is 175 Å². The smallest absolute Gasteiger partial charge is 0.226 e. The number of hydrogen-bond donors (Lipinski definition) is 3. The number of carbonyl (C=O) groups is 3. The highest BCUT2D eigenvalue weighted by Gasteiger charge is 2.35. The molecule has 1 rings (SSSR count). The van der Waals surface area contributed by atoms with Crippen molar-refractivity contribution in [2.24, 2.45) is 23.5 Å². The maximum absolute atomic E-state index is 13.0. The largest absolute Gasteiger partial charge is 0.393 e. The minimum Gasteiger partial charge on any atom is -0.393 e. The van der Waals surface area contributed by atoms with Crippen molar-refractivity contribution in [2.45, 2.75) is 84.9 Å². The van der Waals surface area contributed by atoms with Crippen LogP contribution in [0.25, 0.3) is 0 Å². The van der Waals surface area contributed by atoms with Crippen molar-refractivity contribution in [3.8, 4) is 0 Å². The summed E-state index contributed by atoms with van der Waals surface area (Å²) in [6.45, 7) is 11.3. The summed E-state index contributed by atoms with van der Waals surface area (Å²) < 4.78 is 0. The van der Waals surface area contributed by atoms with Crippen molar-refractivity contribution in [1.29, 1.82) is 0 Å². The van der Waals surface area contributed by atoms with Gasteiger partial charge in [-0.15, -0.1) is 0 Å². The fraction of sp³-hybridized carbons (Fsp3) is 0.864. The standard InChI is InChI=1S/C22H41N3O4/c1-14(2)13-25-11-7-6-8-19(25)20(27)12-17(16(5)26)22(29)24-18(9-10-23)21(28)15(3)4/h14-19,26H,6-13,23H2,1-5H3,(H,24,29)/t16-,17-,18-,19-/m0/s1. The fourth-order valence-electron chi connectivity index (χ4n) is 4.01. The third-order valence-corrected chi connectivity index (χ3v) is 5.61. The van der Waals surface area contributed by atoms with E-state index in [0.717, 1.165) is 32.4 Å². The molecule has 1 amide bonds. The highest BCUT2D eigenvalue weighted by molar-refractivity contribution is 5.93. The lowest BCUT2D eigenvalue weighted by Gasteiger charge is -2.36. The van der Waals surface area contributed by atoms with Gasteiger partial charge in [-0.3, -0.25) is 19.3 Å². The molecule has 29 heavy (non-hydrogen) atoms. The SMILES string of the molecule is CC(C)CN1CCCC[C@H]1C(=O)C[C@H](C(=O)N[C@@H](CCN)C(=O)C(C)C)[C@H](C)O. The topological polar surface area (TPSA) is 113 Å². The lowest BCUT2D eigenvalue weighted by molar-refractivity contribution is -0.137. The summed E-state index contributed by atoms with van der Waals surface area (Å²) in [7, 11) is 0. The van der Waals surface area contributed by atoms with Crippen LogP contribution in [-0.2, 0) is 14.4 Å². The molecule has 1 aliphatic heterocycles. The van der Waals surface area contributed by atoms with Crippen LogP contribution in [0.4, 0.5) is 0 Å². The van der Waals surface area contributed by atoms with Gasteiger partial charge in [-0.25, -0.2) is 0 Å². The van der Waals surface area contributed by atoms with E-state index in [1.54, 1.807) is 13.8 Å². The van der Waals surface area contributed by atoms with E-state index >= 15 is 0 Å². The van der Waals surface area contributed by atoms with Gasteiger partial charge in [0.25, 0.3) is 0 Å². The highest BCUT2D eigenvalue weighted by atomic mass is 16.3. The number of amides is 1. The van der Waals surface area contributed by atoms with Crippen LogP contribution in [0.2, 0.25) is 0 Å². The van der Waals surface area contributed by atoms with Crippen molar-refractivity contribution in [3.05, 3.63) is 0 Å². The summed E-state index contributed by atoms with van der Waals surface area (Å²) >= 11 is 0. The normalized spacial score (nSPS) is 21.1. The molecule has 1 saturated heterocycles. The summed E-state index contributed by atoms with van der Waals surface area (Å²) in [6, 6.07) is -0.881. The minimum atomic E-state index is -0.978. The highest BCUT2D eigenvalue weighted by Crippen LogP contribution is 2.23. The number of likely N-dealkylation sites (tertiary alicyclic amines) is 1. The molecule has 0 spiro atoms. The van der Waals surface area contributed by atoms with Gasteiger partial charge >= 0.3 is 0 Å². The molecule has 0 bridgehead atoms. The van der Waals surface area contributed by atoms with Gasteiger partial charge in [0.05, 0.1) is 24.1 Å². The maximum atomic E-state index is 13.0. The number of rotatable bonds is 12. The van der Waals surface area contributed by atoms with Crippen LogP contribution >= 0.6 is 0 Å². The monoisotopic (exact) mass is 411 g/mol. The second-order valence-corrected chi connectivity index (χ2v) is 9.11. The molecule has 1 fully saturated rings. The van der Waals surface area contributed by atoms with Gasteiger partial charge in [-0.2, -0.15) is 0 Å². The third-order valence-electron chi connectivity index (χ3n) is 5.61. The van der Waals surface area contributed by atoms with E-state index in [9.17, 15) is 19.5 Å². The number of carbonyl (C=O) groups excluding carboxylic acids is 3. The quantitative estimate of drug-likeness (QED) is 0.449. The summed E-state index contributed by atoms with van der Waals surface area (Å²) in [5.74, 6) is -1.19. The zero-order chi connectivity index (χ0) is 22.1. The molecular weight excluding hydrogens is 370 g/mol. The van der Waals surface area contributed by atoms with E-state index in [-0.39, 0.29) is 36.5 Å². The molecule has 7 heteroatoms. The van der Waals surface area contributed by atoms with Crippen LogP contribution in [0.1, 0.15) is 66.7 Å². The van der Waals surface area contributed by atoms with Gasteiger partial charge in [-0.05, 0) is 45.2 Å². The first-order valence-electron chi connectivity index (χ1n) is 11.1. The average Bonchev–Trinajstić information content (AvgIpc) is 2.64. The van der Waals surface area contributed by atoms with Crippen molar-refractivity contribution in [1.82, 2.24) is 10.2 Å². The van der Waals surface area contributed by atoms with Gasteiger partial charge in [-0.1, -0.05) is 34.1 Å². The summed E-state index contributed by atoms with van der Waals surface area (Å²) in [6.07, 6.45) is 2.21. The summed E-state index contributed by atoms with van der Waals surface area (Å²) in [4.78, 5) is 40.5. The molecule has 0 aliphatic carbocycles. The van der Waals surface area contributed by atoms with Gasteiger partial charge in [0.1, 0.15) is 0 Å².